The number of carbonyl (C=O) groups excluding carboxylic acids is 3. The van der Waals surface area contributed by atoms with Crippen LogP contribution in [0.15, 0.2) is 122 Å². The lowest BCUT2D eigenvalue weighted by Crippen LogP contribution is -2.30. The number of hydrogen-bond acceptors (Lipinski definition) is 6. The summed E-state index contributed by atoms with van der Waals surface area (Å²) < 4.78 is 16.9. The van der Waals surface area contributed by atoms with Crippen molar-refractivity contribution in [1.82, 2.24) is 0 Å². The summed E-state index contributed by atoms with van der Waals surface area (Å²) in [4.78, 5) is 38.3. The lowest BCUT2D eigenvalue weighted by Gasteiger charge is -2.18. The third kappa shape index (κ3) is 62.5. The molecule has 77 heavy (non-hydrogen) atoms. The zero-order valence-electron chi connectivity index (χ0n) is 50.2. The van der Waals surface area contributed by atoms with Gasteiger partial charge in [-0.25, -0.2) is 0 Å². The molecular weight excluding hydrogens is 949 g/mol. The Hall–Kier alpha value is -4.19. The molecule has 1 atom stereocenters. The van der Waals surface area contributed by atoms with Gasteiger partial charge in [-0.15, -0.1) is 0 Å². The Morgan fingerprint density at radius 3 is 0.844 bits per heavy atom. The number of esters is 3. The number of allylic oxidation sites excluding steroid dienone is 20. The van der Waals surface area contributed by atoms with Gasteiger partial charge >= 0.3 is 17.9 Å². The third-order valence-electron chi connectivity index (χ3n) is 13.4. The number of rotatable bonds is 57. The first-order valence-electron chi connectivity index (χ1n) is 32.0. The summed E-state index contributed by atoms with van der Waals surface area (Å²) in [6, 6.07) is 0. The minimum atomic E-state index is -0.801. The van der Waals surface area contributed by atoms with Gasteiger partial charge in [-0.3, -0.25) is 14.4 Å². The third-order valence-corrected chi connectivity index (χ3v) is 13.4. The van der Waals surface area contributed by atoms with Gasteiger partial charge in [0.2, 0.25) is 0 Å². The van der Waals surface area contributed by atoms with E-state index in [1.165, 1.54) is 96.3 Å². The largest absolute Gasteiger partial charge is 0.462 e. The van der Waals surface area contributed by atoms with Gasteiger partial charge in [0.1, 0.15) is 13.2 Å². The molecule has 0 aliphatic rings. The van der Waals surface area contributed by atoms with Gasteiger partial charge in [0.25, 0.3) is 0 Å². The zero-order valence-corrected chi connectivity index (χ0v) is 50.2. The van der Waals surface area contributed by atoms with Crippen molar-refractivity contribution in [1.29, 1.82) is 0 Å². The molecule has 0 aromatic rings. The van der Waals surface area contributed by atoms with Crippen LogP contribution in [-0.2, 0) is 28.6 Å². The van der Waals surface area contributed by atoms with Crippen LogP contribution in [0, 0.1) is 0 Å². The molecule has 0 radical (unpaired) electrons. The van der Waals surface area contributed by atoms with Crippen LogP contribution in [-0.4, -0.2) is 37.2 Å². The molecule has 0 aliphatic carbocycles. The molecule has 1 unspecified atom stereocenters. The topological polar surface area (TPSA) is 78.9 Å². The highest BCUT2D eigenvalue weighted by Gasteiger charge is 2.19. The van der Waals surface area contributed by atoms with E-state index in [4.69, 9.17) is 14.2 Å². The summed E-state index contributed by atoms with van der Waals surface area (Å²) in [7, 11) is 0. The van der Waals surface area contributed by atoms with Crippen LogP contribution in [0.1, 0.15) is 290 Å². The van der Waals surface area contributed by atoms with E-state index in [9.17, 15) is 14.4 Å². The maximum atomic E-state index is 12.9. The number of unbranched alkanes of at least 4 members (excludes halogenated alkanes) is 26. The molecule has 0 heterocycles. The number of hydrogen-bond donors (Lipinski definition) is 0. The van der Waals surface area contributed by atoms with Crippen molar-refractivity contribution >= 4 is 17.9 Å². The van der Waals surface area contributed by atoms with Crippen molar-refractivity contribution in [2.75, 3.05) is 13.2 Å². The summed E-state index contributed by atoms with van der Waals surface area (Å²) in [6.07, 6.45) is 89.1. The summed E-state index contributed by atoms with van der Waals surface area (Å²) >= 11 is 0. The van der Waals surface area contributed by atoms with Crippen LogP contribution in [0.5, 0.6) is 0 Å². The van der Waals surface area contributed by atoms with Crippen molar-refractivity contribution in [3.63, 3.8) is 0 Å². The fraction of sp³-hybridized carbons (Fsp3) is 0.676. The van der Waals surface area contributed by atoms with Gasteiger partial charge in [-0.1, -0.05) is 264 Å². The summed E-state index contributed by atoms with van der Waals surface area (Å²) in [6.45, 7) is 6.43. The Morgan fingerprint density at radius 2 is 0.532 bits per heavy atom. The quantitative estimate of drug-likeness (QED) is 0.0261. The maximum Gasteiger partial charge on any atom is 0.306 e. The molecule has 0 spiro atoms. The van der Waals surface area contributed by atoms with Crippen LogP contribution in [0.2, 0.25) is 0 Å². The average molecular weight is 1070 g/mol. The second-order valence-corrected chi connectivity index (χ2v) is 20.9. The predicted octanol–water partition coefficient (Wildman–Crippen LogP) is 22.0. The fourth-order valence-electron chi connectivity index (χ4n) is 8.63. The van der Waals surface area contributed by atoms with Crippen LogP contribution in [0.25, 0.3) is 0 Å². The lowest BCUT2D eigenvalue weighted by molar-refractivity contribution is -0.167. The van der Waals surface area contributed by atoms with Crippen molar-refractivity contribution in [3.8, 4) is 0 Å². The van der Waals surface area contributed by atoms with Crippen LogP contribution < -0.4 is 0 Å². The van der Waals surface area contributed by atoms with Gasteiger partial charge in [0, 0.05) is 19.3 Å². The van der Waals surface area contributed by atoms with E-state index in [1.807, 2.05) is 0 Å². The Kier molecular flexibility index (Phi) is 60.8. The molecule has 438 valence electrons. The molecule has 0 aromatic carbocycles. The molecule has 0 fully saturated rings. The van der Waals surface area contributed by atoms with E-state index < -0.39 is 6.10 Å². The van der Waals surface area contributed by atoms with Crippen LogP contribution >= 0.6 is 0 Å². The fourth-order valence-corrected chi connectivity index (χ4v) is 8.63. The second kappa shape index (κ2) is 64.3. The van der Waals surface area contributed by atoms with E-state index >= 15 is 0 Å². The zero-order chi connectivity index (χ0) is 55.7. The molecule has 0 N–H and O–H groups in total. The van der Waals surface area contributed by atoms with E-state index in [1.54, 1.807) is 0 Å². The Labute approximate surface area is 475 Å². The van der Waals surface area contributed by atoms with E-state index in [2.05, 4.69) is 142 Å². The minimum absolute atomic E-state index is 0.0950. The average Bonchev–Trinajstić information content (AvgIpc) is 3.43. The highest BCUT2D eigenvalue weighted by Crippen LogP contribution is 2.15. The molecule has 0 saturated carbocycles. The van der Waals surface area contributed by atoms with Crippen molar-refractivity contribution in [2.45, 2.75) is 297 Å². The highest BCUT2D eigenvalue weighted by molar-refractivity contribution is 5.71. The lowest BCUT2D eigenvalue weighted by atomic mass is 10.1. The van der Waals surface area contributed by atoms with E-state index in [0.29, 0.717) is 19.3 Å². The predicted molar refractivity (Wildman–Crippen MR) is 334 cm³/mol. The second-order valence-electron chi connectivity index (χ2n) is 20.9. The van der Waals surface area contributed by atoms with Crippen molar-refractivity contribution < 1.29 is 28.6 Å². The summed E-state index contributed by atoms with van der Waals surface area (Å²) in [5, 5.41) is 0. The summed E-state index contributed by atoms with van der Waals surface area (Å²) in [5.74, 6) is -0.929. The van der Waals surface area contributed by atoms with Crippen molar-refractivity contribution in [3.05, 3.63) is 122 Å². The van der Waals surface area contributed by atoms with E-state index in [0.717, 1.165) is 154 Å². The molecule has 0 bridgehead atoms. The first kappa shape index (κ1) is 72.8. The molecule has 0 aliphatic heterocycles. The standard InChI is InChI=1S/C71H118O6/c1-4-7-10-13-16-19-22-25-27-29-31-33-34-35-36-38-39-41-43-46-49-52-55-58-61-64-70(73)76-67-68(66-75-69(72)63-60-57-54-51-48-45-24-21-18-15-12-9-6-3)77-71(74)65-62-59-56-53-50-47-44-42-40-37-32-30-28-26-23-20-17-14-11-8-5-2/h8,11-12,15,17,20-22,24-26,28-29,31-32,34-35,37,42,44,68H,4-7,9-10,13-14,16,18-19,23,27,30,33,36,38-41,43,45-67H2,1-3H3/b11-8-,15-12-,20-17-,24-21-,25-22-,28-26-,31-29-,35-34-,37-32-,44-42-. The number of carbonyl (C=O) groups is 3. The molecule has 0 aromatic heterocycles. The number of ether oxygens (including phenoxy) is 3. The SMILES string of the molecule is CC/C=C\C/C=C\C/C=C\C/C=C\C/C=C\CCCCCCCC(=O)OC(COC(=O)CCCCCCC/C=C\C/C=C\CCC)COC(=O)CCCCCCCCCCCC/C=C\C/C=C\C/C=C\CCCCCCC. The highest BCUT2D eigenvalue weighted by atomic mass is 16.6. The molecule has 0 saturated heterocycles. The molecule has 0 rings (SSSR count). The molecule has 6 nitrogen and oxygen atoms in total. The van der Waals surface area contributed by atoms with Gasteiger partial charge in [-0.05, 0) is 128 Å². The van der Waals surface area contributed by atoms with Gasteiger partial charge in [0.05, 0.1) is 0 Å². The monoisotopic (exact) mass is 1070 g/mol. The Bertz CT molecular complexity index is 1600. The first-order chi connectivity index (χ1) is 38.0. The first-order valence-corrected chi connectivity index (χ1v) is 32.0. The van der Waals surface area contributed by atoms with Gasteiger partial charge in [0.15, 0.2) is 6.10 Å². The van der Waals surface area contributed by atoms with E-state index in [-0.39, 0.29) is 31.1 Å². The summed E-state index contributed by atoms with van der Waals surface area (Å²) in [5.41, 5.74) is 0. The maximum absolute atomic E-state index is 12.9. The normalized spacial score (nSPS) is 12.9. The minimum Gasteiger partial charge on any atom is -0.462 e. The van der Waals surface area contributed by atoms with Gasteiger partial charge < -0.3 is 14.2 Å². The molecular formula is C71H118O6. The Balaban J connectivity index is 4.39. The van der Waals surface area contributed by atoms with Crippen LogP contribution in [0.3, 0.4) is 0 Å². The smallest absolute Gasteiger partial charge is 0.306 e. The molecule has 0 amide bonds. The van der Waals surface area contributed by atoms with Crippen LogP contribution in [0.4, 0.5) is 0 Å². The Morgan fingerprint density at radius 1 is 0.273 bits per heavy atom. The van der Waals surface area contributed by atoms with Gasteiger partial charge in [-0.2, -0.15) is 0 Å². The molecule has 6 heteroatoms. The van der Waals surface area contributed by atoms with Crippen molar-refractivity contribution in [2.24, 2.45) is 0 Å².